The number of carboxylic acid groups (broad SMARTS) is 1. The molecule has 0 saturated heterocycles. The summed E-state index contributed by atoms with van der Waals surface area (Å²) in [6.45, 7) is 1.33. The van der Waals surface area contributed by atoms with Crippen LogP contribution in [0, 0.1) is 5.92 Å². The summed E-state index contributed by atoms with van der Waals surface area (Å²) in [6, 6.07) is 12.9. The standard InChI is InChI=1S/C27H29BrN2O6/c1-30-11-10-17-13-24(9-3-19(17)15-30)36-27(34)20-12-18(2-8-23(14-20)35-16-25(31)32)26(33)29-22-6-4-21(28)5-7-22/h3-7,9,12-13,20,23H,2,8,10-11,14-16H2,1H3,(H,29,33)(H,31,32)/t20-,23+/m1/s1. The van der Waals surface area contributed by atoms with E-state index in [1.54, 1.807) is 24.3 Å². The van der Waals surface area contributed by atoms with Crippen LogP contribution in [0.25, 0.3) is 0 Å². The maximum atomic E-state index is 13.2. The number of aliphatic carboxylic acids is 1. The van der Waals surface area contributed by atoms with Gasteiger partial charge in [-0.25, -0.2) is 4.79 Å². The first-order chi connectivity index (χ1) is 17.3. The lowest BCUT2D eigenvalue weighted by atomic mass is 9.99. The van der Waals surface area contributed by atoms with Gasteiger partial charge >= 0.3 is 11.9 Å². The second-order valence-electron chi connectivity index (χ2n) is 9.20. The smallest absolute Gasteiger partial charge is 0.329 e. The highest BCUT2D eigenvalue weighted by atomic mass is 79.9. The number of nitrogens with zero attached hydrogens (tertiary/aromatic N) is 1. The van der Waals surface area contributed by atoms with Crippen molar-refractivity contribution in [2.24, 2.45) is 5.92 Å². The molecule has 0 bridgehead atoms. The number of amides is 1. The number of carbonyl (C=O) groups excluding carboxylic acids is 2. The quantitative estimate of drug-likeness (QED) is 0.389. The summed E-state index contributed by atoms with van der Waals surface area (Å²) in [5, 5.41) is 11.9. The Balaban J connectivity index is 1.50. The van der Waals surface area contributed by atoms with Crippen LogP contribution in [0.2, 0.25) is 0 Å². The number of hydrogen-bond acceptors (Lipinski definition) is 6. The fraction of sp³-hybridized carbons (Fsp3) is 0.370. The minimum atomic E-state index is -1.08. The van der Waals surface area contributed by atoms with Crippen molar-refractivity contribution in [3.63, 3.8) is 0 Å². The molecule has 2 aliphatic rings. The minimum absolute atomic E-state index is 0.233. The van der Waals surface area contributed by atoms with Gasteiger partial charge in [-0.3, -0.25) is 9.59 Å². The Morgan fingerprint density at radius 1 is 1.11 bits per heavy atom. The van der Waals surface area contributed by atoms with E-state index in [4.69, 9.17) is 14.6 Å². The second-order valence-corrected chi connectivity index (χ2v) is 10.1. The SMILES string of the molecule is CN1CCc2cc(OC(=O)[C@@H]3C=C(C(=O)Nc4ccc(Br)cc4)CC[C@H](OCC(=O)O)C3)ccc2C1. The number of rotatable bonds is 7. The number of carbonyl (C=O) groups is 3. The highest BCUT2D eigenvalue weighted by molar-refractivity contribution is 9.10. The summed E-state index contributed by atoms with van der Waals surface area (Å²) in [4.78, 5) is 39.5. The lowest BCUT2D eigenvalue weighted by molar-refractivity contribution is -0.145. The van der Waals surface area contributed by atoms with E-state index < -0.39 is 30.6 Å². The molecule has 2 N–H and O–H groups in total. The maximum absolute atomic E-state index is 13.2. The van der Waals surface area contributed by atoms with Crippen molar-refractivity contribution >= 4 is 39.5 Å². The second kappa shape index (κ2) is 11.8. The number of likely N-dealkylation sites (N-methyl/N-ethyl adjacent to an activating group) is 1. The zero-order valence-electron chi connectivity index (χ0n) is 20.0. The number of ether oxygens (including phenoxy) is 2. The highest BCUT2D eigenvalue weighted by Gasteiger charge is 2.30. The molecule has 2 aromatic rings. The van der Waals surface area contributed by atoms with E-state index in [1.165, 1.54) is 5.56 Å². The van der Waals surface area contributed by atoms with Crippen molar-refractivity contribution in [3.8, 4) is 5.75 Å². The Hall–Kier alpha value is -3.01. The van der Waals surface area contributed by atoms with Gasteiger partial charge in [-0.2, -0.15) is 0 Å². The molecule has 1 aliphatic carbocycles. The molecule has 1 heterocycles. The van der Waals surface area contributed by atoms with Crippen LogP contribution in [0.4, 0.5) is 5.69 Å². The number of fused-ring (bicyclic) bond motifs is 1. The zero-order chi connectivity index (χ0) is 25.7. The van der Waals surface area contributed by atoms with E-state index in [2.05, 4.69) is 33.2 Å². The molecule has 0 spiro atoms. The maximum Gasteiger partial charge on any atom is 0.329 e. The molecule has 2 aromatic carbocycles. The Bertz CT molecular complexity index is 1160. The molecule has 0 radical (unpaired) electrons. The molecule has 1 aliphatic heterocycles. The van der Waals surface area contributed by atoms with E-state index in [9.17, 15) is 14.4 Å². The fourth-order valence-electron chi connectivity index (χ4n) is 4.48. The van der Waals surface area contributed by atoms with Gasteiger partial charge in [0.15, 0.2) is 0 Å². The number of halogens is 1. The zero-order valence-corrected chi connectivity index (χ0v) is 21.6. The molecule has 0 aromatic heterocycles. The van der Waals surface area contributed by atoms with Crippen molar-refractivity contribution in [1.82, 2.24) is 4.90 Å². The monoisotopic (exact) mass is 556 g/mol. The molecule has 2 atom stereocenters. The molecular weight excluding hydrogens is 528 g/mol. The Morgan fingerprint density at radius 3 is 2.64 bits per heavy atom. The van der Waals surface area contributed by atoms with Gasteiger partial charge in [-0.15, -0.1) is 0 Å². The van der Waals surface area contributed by atoms with Crippen LogP contribution in [0.15, 0.2) is 58.6 Å². The predicted molar refractivity (Wildman–Crippen MR) is 138 cm³/mol. The number of nitrogens with one attached hydrogen (secondary N) is 1. The summed E-state index contributed by atoms with van der Waals surface area (Å²) in [6.07, 6.45) is 3.02. The summed E-state index contributed by atoms with van der Waals surface area (Å²) in [7, 11) is 2.07. The van der Waals surface area contributed by atoms with Gasteiger partial charge in [0.05, 0.1) is 12.0 Å². The van der Waals surface area contributed by atoms with E-state index in [0.717, 1.165) is 29.5 Å². The average molecular weight is 557 g/mol. The van der Waals surface area contributed by atoms with E-state index in [-0.39, 0.29) is 12.3 Å². The van der Waals surface area contributed by atoms with Crippen molar-refractivity contribution in [2.45, 2.75) is 38.3 Å². The number of carboxylic acids is 1. The fourth-order valence-corrected chi connectivity index (χ4v) is 4.74. The van der Waals surface area contributed by atoms with Gasteiger partial charge in [0.1, 0.15) is 12.4 Å². The van der Waals surface area contributed by atoms with Crippen LogP contribution >= 0.6 is 15.9 Å². The summed E-state index contributed by atoms with van der Waals surface area (Å²) >= 11 is 3.37. The van der Waals surface area contributed by atoms with Gasteiger partial charge in [0, 0.05) is 28.8 Å². The molecule has 1 amide bonds. The lowest BCUT2D eigenvalue weighted by Crippen LogP contribution is -2.27. The molecule has 190 valence electrons. The van der Waals surface area contributed by atoms with E-state index in [0.29, 0.717) is 29.9 Å². The third-order valence-corrected chi connectivity index (χ3v) is 6.92. The first-order valence-electron chi connectivity index (χ1n) is 11.9. The third kappa shape index (κ3) is 7.02. The summed E-state index contributed by atoms with van der Waals surface area (Å²) in [5.41, 5.74) is 3.44. The van der Waals surface area contributed by atoms with Gasteiger partial charge in [0.2, 0.25) is 0 Å². The number of esters is 1. The van der Waals surface area contributed by atoms with Gasteiger partial charge < -0.3 is 24.8 Å². The van der Waals surface area contributed by atoms with Crippen LogP contribution in [0.1, 0.15) is 30.4 Å². The van der Waals surface area contributed by atoms with Gasteiger partial charge in [0.25, 0.3) is 5.91 Å². The van der Waals surface area contributed by atoms with E-state index >= 15 is 0 Å². The highest BCUT2D eigenvalue weighted by Crippen LogP contribution is 2.29. The largest absolute Gasteiger partial charge is 0.480 e. The Kier molecular flexibility index (Phi) is 8.56. The molecule has 36 heavy (non-hydrogen) atoms. The minimum Gasteiger partial charge on any atom is -0.480 e. The topological polar surface area (TPSA) is 105 Å². The van der Waals surface area contributed by atoms with Crippen molar-refractivity contribution in [1.29, 1.82) is 0 Å². The number of anilines is 1. The number of hydrogen-bond donors (Lipinski definition) is 2. The Morgan fingerprint density at radius 2 is 1.89 bits per heavy atom. The third-order valence-electron chi connectivity index (χ3n) is 6.39. The molecule has 4 rings (SSSR count). The summed E-state index contributed by atoms with van der Waals surface area (Å²) in [5.74, 6) is -2.18. The molecular formula is C27H29BrN2O6. The molecule has 8 nitrogen and oxygen atoms in total. The predicted octanol–water partition coefficient (Wildman–Crippen LogP) is 4.18. The summed E-state index contributed by atoms with van der Waals surface area (Å²) < 4.78 is 12.1. The molecule has 0 unspecified atom stereocenters. The van der Waals surface area contributed by atoms with Gasteiger partial charge in [-0.1, -0.05) is 28.1 Å². The van der Waals surface area contributed by atoms with E-state index in [1.807, 2.05) is 24.3 Å². The number of benzene rings is 2. The first kappa shape index (κ1) is 26.1. The van der Waals surface area contributed by atoms with Crippen LogP contribution in [0.3, 0.4) is 0 Å². The molecule has 9 heteroatoms. The van der Waals surface area contributed by atoms with Crippen LogP contribution < -0.4 is 10.1 Å². The van der Waals surface area contributed by atoms with Crippen LogP contribution in [-0.2, 0) is 32.1 Å². The molecule has 0 fully saturated rings. The van der Waals surface area contributed by atoms with Crippen LogP contribution in [0.5, 0.6) is 5.75 Å². The van der Waals surface area contributed by atoms with Crippen LogP contribution in [-0.4, -0.2) is 54.2 Å². The van der Waals surface area contributed by atoms with Crippen molar-refractivity contribution in [2.75, 3.05) is 25.5 Å². The first-order valence-corrected chi connectivity index (χ1v) is 12.7. The van der Waals surface area contributed by atoms with Crippen molar-refractivity contribution in [3.05, 3.63) is 69.7 Å². The normalized spacial score (nSPS) is 20.0. The molecule has 0 saturated carbocycles. The average Bonchev–Trinajstić information content (AvgIpc) is 3.07. The lowest BCUT2D eigenvalue weighted by Gasteiger charge is -2.25. The van der Waals surface area contributed by atoms with Crippen molar-refractivity contribution < 1.29 is 29.0 Å². The van der Waals surface area contributed by atoms with Gasteiger partial charge in [-0.05, 0) is 80.3 Å². The Labute approximate surface area is 218 Å².